The predicted octanol–water partition coefficient (Wildman–Crippen LogP) is 0.411. The maximum absolute atomic E-state index is 11.5. The number of H-pyrrole nitrogens is 2. The lowest BCUT2D eigenvalue weighted by atomic mass is 10.0. The molecule has 0 unspecified atom stereocenters. The zero-order chi connectivity index (χ0) is 10.8. The van der Waals surface area contributed by atoms with Gasteiger partial charge in [-0.25, -0.2) is 0 Å². The molecule has 1 aromatic carbocycles. The quantitative estimate of drug-likeness (QED) is 0.570. The van der Waals surface area contributed by atoms with Gasteiger partial charge in [-0.3, -0.25) is 15.0 Å². The van der Waals surface area contributed by atoms with Crippen molar-refractivity contribution in [1.29, 1.82) is 0 Å². The monoisotopic (exact) mass is 204 g/mol. The van der Waals surface area contributed by atoms with Crippen LogP contribution in [0.2, 0.25) is 0 Å². The lowest BCUT2D eigenvalue weighted by Crippen LogP contribution is -2.06. The summed E-state index contributed by atoms with van der Waals surface area (Å²) in [6.07, 6.45) is 0. The Balaban J connectivity index is 2.69. The van der Waals surface area contributed by atoms with Crippen LogP contribution < -0.4 is 17.0 Å². The summed E-state index contributed by atoms with van der Waals surface area (Å²) >= 11 is 0. The molecule has 0 atom stereocenters. The fourth-order valence-corrected chi connectivity index (χ4v) is 1.58. The summed E-state index contributed by atoms with van der Waals surface area (Å²) in [6.45, 7) is 0.375. The molecule has 1 aromatic heterocycles. The van der Waals surface area contributed by atoms with Crippen molar-refractivity contribution in [2.45, 2.75) is 6.54 Å². The number of hydrogen-bond acceptors (Lipinski definition) is 3. The van der Waals surface area contributed by atoms with E-state index >= 15 is 0 Å². The molecule has 2 aromatic rings. The van der Waals surface area contributed by atoms with Crippen LogP contribution in [0.4, 0.5) is 5.82 Å². The summed E-state index contributed by atoms with van der Waals surface area (Å²) in [6, 6.07) is 7.43. The SMILES string of the molecule is NCc1ccccc1-c1c(N)[nH][nH]c1=O. The molecule has 1 heterocycles. The third-order valence-corrected chi connectivity index (χ3v) is 2.31. The standard InChI is InChI=1S/C10H12N4O/c11-5-6-3-1-2-4-7(6)8-9(12)13-14-10(8)15/h1-4H,5,11H2,(H4,12,13,14,15). The highest BCUT2D eigenvalue weighted by Crippen LogP contribution is 2.23. The summed E-state index contributed by atoms with van der Waals surface area (Å²) in [4.78, 5) is 11.5. The van der Waals surface area contributed by atoms with E-state index in [9.17, 15) is 4.79 Å². The van der Waals surface area contributed by atoms with Crippen LogP contribution in [0, 0.1) is 0 Å². The van der Waals surface area contributed by atoms with E-state index in [1.54, 1.807) is 0 Å². The molecule has 0 bridgehead atoms. The number of nitrogens with one attached hydrogen (secondary N) is 2. The third kappa shape index (κ3) is 1.53. The molecular formula is C10H12N4O. The van der Waals surface area contributed by atoms with E-state index in [1.807, 2.05) is 24.3 Å². The molecule has 5 nitrogen and oxygen atoms in total. The number of aromatic amines is 2. The van der Waals surface area contributed by atoms with Gasteiger partial charge in [-0.2, -0.15) is 0 Å². The van der Waals surface area contributed by atoms with E-state index in [0.717, 1.165) is 11.1 Å². The van der Waals surface area contributed by atoms with Crippen molar-refractivity contribution >= 4 is 5.82 Å². The first kappa shape index (κ1) is 9.54. The molecule has 78 valence electrons. The molecule has 0 aliphatic heterocycles. The second-order valence-corrected chi connectivity index (χ2v) is 3.23. The minimum Gasteiger partial charge on any atom is -0.383 e. The Kier molecular flexibility index (Phi) is 2.31. The predicted molar refractivity (Wildman–Crippen MR) is 59.2 cm³/mol. The Bertz CT molecular complexity index is 526. The Morgan fingerprint density at radius 2 is 1.93 bits per heavy atom. The lowest BCUT2D eigenvalue weighted by Gasteiger charge is -2.04. The lowest BCUT2D eigenvalue weighted by molar-refractivity contribution is 1.06. The number of anilines is 1. The zero-order valence-electron chi connectivity index (χ0n) is 8.08. The fourth-order valence-electron chi connectivity index (χ4n) is 1.58. The first-order valence-electron chi connectivity index (χ1n) is 4.58. The molecule has 0 spiro atoms. The molecule has 2 rings (SSSR count). The van der Waals surface area contributed by atoms with Gasteiger partial charge in [0.15, 0.2) is 0 Å². The summed E-state index contributed by atoms with van der Waals surface area (Å²) in [5.74, 6) is 0.334. The molecule has 6 N–H and O–H groups in total. The van der Waals surface area contributed by atoms with Gasteiger partial charge < -0.3 is 11.5 Å². The first-order valence-corrected chi connectivity index (χ1v) is 4.58. The highest BCUT2D eigenvalue weighted by Gasteiger charge is 2.12. The largest absolute Gasteiger partial charge is 0.383 e. The highest BCUT2D eigenvalue weighted by molar-refractivity contribution is 5.75. The number of benzene rings is 1. The molecule has 0 saturated carbocycles. The van der Waals surface area contributed by atoms with Crippen LogP contribution in [-0.4, -0.2) is 10.2 Å². The van der Waals surface area contributed by atoms with Gasteiger partial charge in [-0.15, -0.1) is 0 Å². The number of aromatic nitrogens is 2. The van der Waals surface area contributed by atoms with Crippen LogP contribution in [0.15, 0.2) is 29.1 Å². The van der Waals surface area contributed by atoms with E-state index in [4.69, 9.17) is 11.5 Å². The van der Waals surface area contributed by atoms with Crippen molar-refractivity contribution in [2.24, 2.45) is 5.73 Å². The van der Waals surface area contributed by atoms with E-state index < -0.39 is 0 Å². The minimum atomic E-state index is -0.228. The van der Waals surface area contributed by atoms with Crippen molar-refractivity contribution in [3.8, 4) is 11.1 Å². The van der Waals surface area contributed by atoms with E-state index in [-0.39, 0.29) is 5.56 Å². The Hall–Kier alpha value is -2.01. The molecule has 0 fully saturated rings. The van der Waals surface area contributed by atoms with Gasteiger partial charge >= 0.3 is 0 Å². The number of nitrogen functional groups attached to an aromatic ring is 1. The van der Waals surface area contributed by atoms with Crippen molar-refractivity contribution < 1.29 is 0 Å². The molecule has 0 aliphatic rings. The average molecular weight is 204 g/mol. The van der Waals surface area contributed by atoms with Gasteiger partial charge in [-0.05, 0) is 11.1 Å². The van der Waals surface area contributed by atoms with Crippen LogP contribution in [0.25, 0.3) is 11.1 Å². The van der Waals surface area contributed by atoms with Gasteiger partial charge in [0, 0.05) is 6.54 Å². The summed E-state index contributed by atoms with van der Waals surface area (Å²) in [5.41, 5.74) is 13.2. The van der Waals surface area contributed by atoms with Crippen molar-refractivity contribution in [3.05, 3.63) is 40.2 Å². The van der Waals surface area contributed by atoms with E-state index in [0.29, 0.717) is 17.9 Å². The van der Waals surface area contributed by atoms with Gasteiger partial charge in [0.2, 0.25) is 0 Å². The van der Waals surface area contributed by atoms with Crippen molar-refractivity contribution in [1.82, 2.24) is 10.2 Å². The summed E-state index contributed by atoms with van der Waals surface area (Å²) in [7, 11) is 0. The van der Waals surface area contributed by atoms with Gasteiger partial charge in [-0.1, -0.05) is 24.3 Å². The minimum absolute atomic E-state index is 0.228. The molecular weight excluding hydrogens is 192 g/mol. The number of nitrogens with two attached hydrogens (primary N) is 2. The second kappa shape index (κ2) is 3.62. The smallest absolute Gasteiger partial charge is 0.273 e. The molecule has 0 amide bonds. The summed E-state index contributed by atoms with van der Waals surface area (Å²) in [5, 5.41) is 5.03. The van der Waals surface area contributed by atoms with E-state index in [1.165, 1.54) is 0 Å². The fraction of sp³-hybridized carbons (Fsp3) is 0.100. The Morgan fingerprint density at radius 3 is 2.53 bits per heavy atom. The molecule has 0 aliphatic carbocycles. The Morgan fingerprint density at radius 1 is 1.20 bits per heavy atom. The van der Waals surface area contributed by atoms with Gasteiger partial charge in [0.05, 0.1) is 5.56 Å². The number of hydrogen-bond donors (Lipinski definition) is 4. The van der Waals surface area contributed by atoms with Crippen LogP contribution in [-0.2, 0) is 6.54 Å². The van der Waals surface area contributed by atoms with Gasteiger partial charge in [0.1, 0.15) is 5.82 Å². The number of rotatable bonds is 2. The summed E-state index contributed by atoms with van der Waals surface area (Å²) < 4.78 is 0. The van der Waals surface area contributed by atoms with E-state index in [2.05, 4.69) is 10.2 Å². The van der Waals surface area contributed by atoms with Crippen LogP contribution in [0.3, 0.4) is 0 Å². The van der Waals surface area contributed by atoms with Crippen molar-refractivity contribution in [3.63, 3.8) is 0 Å². The maximum atomic E-state index is 11.5. The topological polar surface area (TPSA) is 101 Å². The zero-order valence-corrected chi connectivity index (χ0v) is 8.08. The first-order chi connectivity index (χ1) is 7.24. The Labute approximate surface area is 86.1 Å². The highest BCUT2D eigenvalue weighted by atomic mass is 16.1. The van der Waals surface area contributed by atoms with Crippen LogP contribution in [0.1, 0.15) is 5.56 Å². The van der Waals surface area contributed by atoms with Gasteiger partial charge in [0.25, 0.3) is 5.56 Å². The molecule has 0 radical (unpaired) electrons. The van der Waals surface area contributed by atoms with Crippen LogP contribution >= 0.6 is 0 Å². The maximum Gasteiger partial charge on any atom is 0.273 e. The third-order valence-electron chi connectivity index (χ3n) is 2.31. The molecule has 0 saturated heterocycles. The average Bonchev–Trinajstić information content (AvgIpc) is 2.59. The van der Waals surface area contributed by atoms with Crippen LogP contribution in [0.5, 0.6) is 0 Å². The molecule has 5 heteroatoms. The normalized spacial score (nSPS) is 10.5. The van der Waals surface area contributed by atoms with Crippen molar-refractivity contribution in [2.75, 3.05) is 5.73 Å². The second-order valence-electron chi connectivity index (χ2n) is 3.23. The molecule has 15 heavy (non-hydrogen) atoms.